The van der Waals surface area contributed by atoms with E-state index in [1.54, 1.807) is 17.4 Å². The van der Waals surface area contributed by atoms with Gasteiger partial charge in [-0.1, -0.05) is 18.2 Å². The number of phenolic OH excluding ortho intramolecular Hbond substituents is 1. The Balaban J connectivity index is 2.63. The van der Waals surface area contributed by atoms with Crippen molar-refractivity contribution < 1.29 is 5.11 Å². The maximum atomic E-state index is 9.69. The molecule has 0 radical (unpaired) electrons. The molecule has 0 atom stereocenters. The first-order chi connectivity index (χ1) is 7.27. The van der Waals surface area contributed by atoms with Gasteiger partial charge in [0.2, 0.25) is 0 Å². The van der Waals surface area contributed by atoms with Crippen molar-refractivity contribution in [2.75, 3.05) is 0 Å². The van der Waals surface area contributed by atoms with Crippen molar-refractivity contribution in [3.63, 3.8) is 0 Å². The van der Waals surface area contributed by atoms with Crippen LogP contribution in [-0.4, -0.2) is 5.11 Å². The van der Waals surface area contributed by atoms with E-state index in [0.717, 1.165) is 3.57 Å². The summed E-state index contributed by atoms with van der Waals surface area (Å²) in [5.41, 5.74) is 0. The Morgan fingerprint density at radius 2 is 1.80 bits per heavy atom. The molecular formula is C12H7IOS. The lowest BCUT2D eigenvalue weighted by Crippen LogP contribution is -1.74. The van der Waals surface area contributed by atoms with Gasteiger partial charge in [0.1, 0.15) is 5.75 Å². The Bertz CT molecular complexity index is 657. The van der Waals surface area contributed by atoms with E-state index in [-0.39, 0.29) is 0 Å². The van der Waals surface area contributed by atoms with Crippen molar-refractivity contribution in [2.45, 2.75) is 0 Å². The van der Waals surface area contributed by atoms with Crippen molar-refractivity contribution in [3.8, 4) is 5.75 Å². The monoisotopic (exact) mass is 326 g/mol. The molecule has 74 valence electrons. The Hall–Kier alpha value is -0.810. The third kappa shape index (κ3) is 1.33. The summed E-state index contributed by atoms with van der Waals surface area (Å²) in [6.07, 6.45) is 0. The van der Waals surface area contributed by atoms with Gasteiger partial charge in [0.25, 0.3) is 0 Å². The molecule has 0 aliphatic heterocycles. The largest absolute Gasteiger partial charge is 0.507 e. The SMILES string of the molecule is Oc1ccc2sc3ccccc3c2c1I. The summed E-state index contributed by atoms with van der Waals surface area (Å²) < 4.78 is 3.46. The maximum absolute atomic E-state index is 9.69. The lowest BCUT2D eigenvalue weighted by Gasteiger charge is -1.98. The second kappa shape index (κ2) is 3.35. The highest BCUT2D eigenvalue weighted by Gasteiger charge is 2.09. The number of phenols is 1. The summed E-state index contributed by atoms with van der Waals surface area (Å²) >= 11 is 3.97. The molecule has 0 spiro atoms. The lowest BCUT2D eigenvalue weighted by molar-refractivity contribution is 0.472. The van der Waals surface area contributed by atoms with E-state index in [2.05, 4.69) is 34.7 Å². The molecule has 0 aliphatic rings. The van der Waals surface area contributed by atoms with E-state index in [1.165, 1.54) is 20.2 Å². The molecule has 1 N–H and O–H groups in total. The predicted octanol–water partition coefficient (Wildman–Crippen LogP) is 4.36. The smallest absolute Gasteiger partial charge is 0.129 e. The quantitative estimate of drug-likeness (QED) is 0.609. The number of fused-ring (bicyclic) bond motifs is 3. The normalized spacial score (nSPS) is 11.3. The minimum absolute atomic E-state index is 0.367. The zero-order valence-corrected chi connectivity index (χ0v) is 10.7. The summed E-state index contributed by atoms with van der Waals surface area (Å²) in [7, 11) is 0. The molecular weight excluding hydrogens is 319 g/mol. The third-order valence-corrected chi connectivity index (χ3v) is 4.69. The van der Waals surface area contributed by atoms with Crippen LogP contribution in [0.4, 0.5) is 0 Å². The molecule has 0 bridgehead atoms. The van der Waals surface area contributed by atoms with E-state index < -0.39 is 0 Å². The van der Waals surface area contributed by atoms with E-state index in [1.807, 2.05) is 18.2 Å². The molecule has 1 heterocycles. The van der Waals surface area contributed by atoms with Crippen molar-refractivity contribution in [1.82, 2.24) is 0 Å². The fourth-order valence-electron chi connectivity index (χ4n) is 1.76. The van der Waals surface area contributed by atoms with Gasteiger partial charge in [-0.3, -0.25) is 0 Å². The average Bonchev–Trinajstić information content (AvgIpc) is 2.62. The summed E-state index contributed by atoms with van der Waals surface area (Å²) in [5, 5.41) is 12.1. The minimum Gasteiger partial charge on any atom is -0.507 e. The number of thiophene rings is 1. The molecule has 3 rings (SSSR count). The third-order valence-electron chi connectivity index (χ3n) is 2.46. The molecule has 3 heteroatoms. The van der Waals surface area contributed by atoms with Crippen molar-refractivity contribution in [3.05, 3.63) is 40.0 Å². The number of hydrogen-bond acceptors (Lipinski definition) is 2. The van der Waals surface area contributed by atoms with Crippen LogP contribution in [0.25, 0.3) is 20.2 Å². The van der Waals surface area contributed by atoms with Gasteiger partial charge in [-0.05, 0) is 40.8 Å². The minimum atomic E-state index is 0.367. The average molecular weight is 326 g/mol. The first-order valence-corrected chi connectivity index (χ1v) is 6.45. The number of rotatable bonds is 0. The van der Waals surface area contributed by atoms with Crippen molar-refractivity contribution in [1.29, 1.82) is 0 Å². The lowest BCUT2D eigenvalue weighted by atomic mass is 10.1. The van der Waals surface area contributed by atoms with E-state index in [9.17, 15) is 5.11 Å². The highest BCUT2D eigenvalue weighted by molar-refractivity contribution is 14.1. The van der Waals surface area contributed by atoms with Crippen LogP contribution in [-0.2, 0) is 0 Å². The van der Waals surface area contributed by atoms with Crippen LogP contribution in [0.15, 0.2) is 36.4 Å². The van der Waals surface area contributed by atoms with E-state index in [0.29, 0.717) is 5.75 Å². The predicted molar refractivity (Wildman–Crippen MR) is 73.7 cm³/mol. The topological polar surface area (TPSA) is 20.2 Å². The molecule has 0 fully saturated rings. The van der Waals surface area contributed by atoms with Crippen LogP contribution in [0.2, 0.25) is 0 Å². The van der Waals surface area contributed by atoms with Gasteiger partial charge in [-0.25, -0.2) is 0 Å². The molecule has 1 aromatic heterocycles. The van der Waals surface area contributed by atoms with Gasteiger partial charge in [0, 0.05) is 20.2 Å². The Labute approximate surface area is 104 Å². The van der Waals surface area contributed by atoms with Gasteiger partial charge in [-0.2, -0.15) is 0 Å². The number of halogens is 1. The Kier molecular flexibility index (Phi) is 2.10. The summed E-state index contributed by atoms with van der Waals surface area (Å²) in [5.74, 6) is 0.367. The van der Waals surface area contributed by atoms with Gasteiger partial charge >= 0.3 is 0 Å². The molecule has 0 unspecified atom stereocenters. The summed E-state index contributed by atoms with van der Waals surface area (Å²) in [6.45, 7) is 0. The van der Waals surface area contributed by atoms with Gasteiger partial charge in [0.05, 0.1) is 3.57 Å². The number of aromatic hydroxyl groups is 1. The Morgan fingerprint density at radius 1 is 1.00 bits per heavy atom. The number of hydrogen-bond donors (Lipinski definition) is 1. The van der Waals surface area contributed by atoms with Gasteiger partial charge < -0.3 is 5.11 Å². The highest BCUT2D eigenvalue weighted by Crippen LogP contribution is 2.39. The maximum Gasteiger partial charge on any atom is 0.129 e. The highest BCUT2D eigenvalue weighted by atomic mass is 127. The van der Waals surface area contributed by atoms with Crippen LogP contribution in [0.1, 0.15) is 0 Å². The van der Waals surface area contributed by atoms with Crippen LogP contribution in [0.5, 0.6) is 5.75 Å². The first-order valence-electron chi connectivity index (χ1n) is 4.56. The van der Waals surface area contributed by atoms with E-state index >= 15 is 0 Å². The summed E-state index contributed by atoms with van der Waals surface area (Å²) in [6, 6.07) is 12.1. The van der Waals surface area contributed by atoms with Crippen molar-refractivity contribution in [2.24, 2.45) is 0 Å². The Morgan fingerprint density at radius 3 is 2.67 bits per heavy atom. The summed E-state index contributed by atoms with van der Waals surface area (Å²) in [4.78, 5) is 0. The number of benzene rings is 2. The standard InChI is InChI=1S/C12H7IOS/c13-12-8(14)5-6-10-11(12)7-3-1-2-4-9(7)15-10/h1-6,14H. The van der Waals surface area contributed by atoms with E-state index in [4.69, 9.17) is 0 Å². The molecule has 0 aliphatic carbocycles. The fraction of sp³-hybridized carbons (Fsp3) is 0. The second-order valence-corrected chi connectivity index (χ2v) is 5.53. The van der Waals surface area contributed by atoms with Crippen LogP contribution >= 0.6 is 33.9 Å². The molecule has 0 saturated heterocycles. The zero-order chi connectivity index (χ0) is 10.4. The molecule has 1 nitrogen and oxygen atoms in total. The van der Waals surface area contributed by atoms with Gasteiger partial charge in [0.15, 0.2) is 0 Å². The van der Waals surface area contributed by atoms with Crippen LogP contribution < -0.4 is 0 Å². The fourth-order valence-corrected chi connectivity index (χ4v) is 3.82. The molecule has 3 aromatic rings. The van der Waals surface area contributed by atoms with Crippen molar-refractivity contribution >= 4 is 54.1 Å². The molecule has 0 amide bonds. The molecule has 0 saturated carbocycles. The second-order valence-electron chi connectivity index (χ2n) is 3.37. The first kappa shape index (κ1) is 9.42. The molecule has 15 heavy (non-hydrogen) atoms. The molecule has 2 aromatic carbocycles. The van der Waals surface area contributed by atoms with Crippen LogP contribution in [0.3, 0.4) is 0 Å². The van der Waals surface area contributed by atoms with Gasteiger partial charge in [-0.15, -0.1) is 11.3 Å². The zero-order valence-electron chi connectivity index (χ0n) is 7.70. The van der Waals surface area contributed by atoms with Crippen LogP contribution in [0, 0.1) is 3.57 Å².